The molecule has 0 spiro atoms. The molecular formula is C14H24N2O3. The van der Waals surface area contributed by atoms with E-state index in [2.05, 4.69) is 25.8 Å². The van der Waals surface area contributed by atoms with Crippen molar-refractivity contribution in [1.29, 1.82) is 0 Å². The molecule has 108 valence electrons. The van der Waals surface area contributed by atoms with Gasteiger partial charge in [0.1, 0.15) is 0 Å². The van der Waals surface area contributed by atoms with Crippen molar-refractivity contribution in [1.82, 2.24) is 9.80 Å². The molecule has 1 saturated heterocycles. The first-order valence-electron chi connectivity index (χ1n) is 6.82. The van der Waals surface area contributed by atoms with Crippen LogP contribution in [-0.2, 0) is 9.59 Å². The van der Waals surface area contributed by atoms with Crippen molar-refractivity contribution in [3.05, 3.63) is 0 Å². The van der Waals surface area contributed by atoms with Crippen LogP contribution in [0, 0.1) is 17.3 Å². The van der Waals surface area contributed by atoms with Crippen LogP contribution in [0.1, 0.15) is 27.7 Å². The molecule has 0 aromatic heterocycles. The van der Waals surface area contributed by atoms with E-state index in [-0.39, 0.29) is 17.4 Å². The Hall–Kier alpha value is -1.10. The van der Waals surface area contributed by atoms with Crippen LogP contribution >= 0.6 is 0 Å². The minimum atomic E-state index is -0.850. The molecule has 5 nitrogen and oxygen atoms in total. The van der Waals surface area contributed by atoms with E-state index in [0.717, 1.165) is 6.54 Å². The van der Waals surface area contributed by atoms with Crippen LogP contribution in [0.15, 0.2) is 0 Å². The molecular weight excluding hydrogens is 244 g/mol. The summed E-state index contributed by atoms with van der Waals surface area (Å²) in [4.78, 5) is 27.8. The van der Waals surface area contributed by atoms with Gasteiger partial charge in [0.25, 0.3) is 0 Å². The third-order valence-electron chi connectivity index (χ3n) is 4.99. The summed E-state index contributed by atoms with van der Waals surface area (Å²) in [5.41, 5.74) is -0.456. The molecule has 0 unspecified atom stereocenters. The highest BCUT2D eigenvalue weighted by Crippen LogP contribution is 2.59. The van der Waals surface area contributed by atoms with Gasteiger partial charge >= 0.3 is 5.97 Å². The maximum atomic E-state index is 12.5. The normalized spacial score (nSPS) is 33.0. The number of likely N-dealkylation sites (N-methyl/N-ethyl adjacent to an activating group) is 1. The lowest BCUT2D eigenvalue weighted by atomic mass is 9.99. The molecule has 1 amide bonds. The van der Waals surface area contributed by atoms with Crippen molar-refractivity contribution < 1.29 is 14.7 Å². The lowest BCUT2D eigenvalue weighted by Crippen LogP contribution is -2.59. The number of rotatable bonds is 2. The van der Waals surface area contributed by atoms with E-state index < -0.39 is 17.3 Å². The fraction of sp³-hybridized carbons (Fsp3) is 0.857. The quantitative estimate of drug-likeness (QED) is 0.808. The fourth-order valence-electron chi connectivity index (χ4n) is 3.18. The van der Waals surface area contributed by atoms with Crippen LogP contribution in [-0.4, -0.2) is 59.0 Å². The van der Waals surface area contributed by atoms with Gasteiger partial charge in [0.05, 0.1) is 11.8 Å². The minimum absolute atomic E-state index is 0.0126. The van der Waals surface area contributed by atoms with Gasteiger partial charge in [-0.1, -0.05) is 13.8 Å². The Bertz CT molecular complexity index is 417. The fourth-order valence-corrected chi connectivity index (χ4v) is 3.18. The SMILES string of the molecule is CN1CCN(C(=O)[C@H]2[C@@H](C(=O)O)C2(C)C)CC1(C)C. The summed E-state index contributed by atoms with van der Waals surface area (Å²) in [7, 11) is 2.06. The molecule has 1 saturated carbocycles. The number of carbonyl (C=O) groups is 2. The highest BCUT2D eigenvalue weighted by Gasteiger charge is 2.66. The summed E-state index contributed by atoms with van der Waals surface area (Å²) in [6, 6.07) is 0. The van der Waals surface area contributed by atoms with E-state index in [1.807, 2.05) is 18.7 Å². The van der Waals surface area contributed by atoms with Crippen LogP contribution in [0.5, 0.6) is 0 Å². The van der Waals surface area contributed by atoms with Gasteiger partial charge in [-0.05, 0) is 26.3 Å². The maximum absolute atomic E-state index is 12.5. The summed E-state index contributed by atoms with van der Waals surface area (Å²) >= 11 is 0. The van der Waals surface area contributed by atoms with Crippen LogP contribution in [0.4, 0.5) is 0 Å². The van der Waals surface area contributed by atoms with Crippen molar-refractivity contribution in [3.63, 3.8) is 0 Å². The summed E-state index contributed by atoms with van der Waals surface area (Å²) in [6.07, 6.45) is 0. The number of amides is 1. The predicted octanol–water partition coefficient (Wildman–Crippen LogP) is 0.896. The van der Waals surface area contributed by atoms with Gasteiger partial charge in [0.15, 0.2) is 0 Å². The molecule has 1 heterocycles. The van der Waals surface area contributed by atoms with Crippen molar-refractivity contribution >= 4 is 11.9 Å². The smallest absolute Gasteiger partial charge is 0.307 e. The molecule has 0 bridgehead atoms. The van der Waals surface area contributed by atoms with Crippen LogP contribution < -0.4 is 0 Å². The minimum Gasteiger partial charge on any atom is -0.481 e. The molecule has 19 heavy (non-hydrogen) atoms. The molecule has 2 fully saturated rings. The van der Waals surface area contributed by atoms with E-state index >= 15 is 0 Å². The average Bonchev–Trinajstić information content (AvgIpc) is 2.84. The maximum Gasteiger partial charge on any atom is 0.307 e. The molecule has 2 atom stereocenters. The van der Waals surface area contributed by atoms with Crippen molar-refractivity contribution in [2.24, 2.45) is 17.3 Å². The molecule has 0 radical (unpaired) electrons. The number of carboxylic acid groups (broad SMARTS) is 1. The average molecular weight is 268 g/mol. The first kappa shape index (κ1) is 14.3. The molecule has 2 rings (SSSR count). The number of hydrogen-bond acceptors (Lipinski definition) is 3. The number of aliphatic carboxylic acids is 1. The molecule has 2 aliphatic rings. The van der Waals surface area contributed by atoms with Gasteiger partial charge < -0.3 is 10.0 Å². The lowest BCUT2D eigenvalue weighted by Gasteiger charge is -2.45. The Balaban J connectivity index is 2.08. The Morgan fingerprint density at radius 1 is 1.11 bits per heavy atom. The highest BCUT2D eigenvalue weighted by atomic mass is 16.4. The second-order valence-electron chi connectivity index (χ2n) is 7.11. The second kappa shape index (κ2) is 4.20. The van der Waals surface area contributed by atoms with Gasteiger partial charge in [-0.2, -0.15) is 0 Å². The van der Waals surface area contributed by atoms with E-state index in [1.165, 1.54) is 0 Å². The van der Waals surface area contributed by atoms with E-state index in [0.29, 0.717) is 13.1 Å². The second-order valence-corrected chi connectivity index (χ2v) is 7.11. The zero-order valence-corrected chi connectivity index (χ0v) is 12.4. The number of piperazine rings is 1. The van der Waals surface area contributed by atoms with E-state index in [4.69, 9.17) is 0 Å². The van der Waals surface area contributed by atoms with Gasteiger partial charge in [0, 0.05) is 25.2 Å². The van der Waals surface area contributed by atoms with Gasteiger partial charge in [-0.25, -0.2) is 0 Å². The summed E-state index contributed by atoms with van der Waals surface area (Å²) in [6.45, 7) is 10.2. The van der Waals surface area contributed by atoms with Gasteiger partial charge in [0.2, 0.25) is 5.91 Å². The van der Waals surface area contributed by atoms with Crippen LogP contribution in [0.2, 0.25) is 0 Å². The van der Waals surface area contributed by atoms with Crippen molar-refractivity contribution in [3.8, 4) is 0 Å². The Kier molecular flexibility index (Phi) is 3.16. The summed E-state index contributed by atoms with van der Waals surface area (Å²) < 4.78 is 0. The molecule has 0 aromatic rings. The number of carboxylic acids is 1. The third-order valence-corrected chi connectivity index (χ3v) is 4.99. The third kappa shape index (κ3) is 2.24. The van der Waals surface area contributed by atoms with Crippen molar-refractivity contribution in [2.75, 3.05) is 26.7 Å². The van der Waals surface area contributed by atoms with Crippen LogP contribution in [0.3, 0.4) is 0 Å². The lowest BCUT2D eigenvalue weighted by molar-refractivity contribution is -0.143. The molecule has 1 aliphatic carbocycles. The Morgan fingerprint density at radius 3 is 2.11 bits per heavy atom. The van der Waals surface area contributed by atoms with E-state index in [1.54, 1.807) is 0 Å². The molecule has 0 aromatic carbocycles. The topological polar surface area (TPSA) is 60.9 Å². The van der Waals surface area contributed by atoms with E-state index in [9.17, 15) is 14.7 Å². The van der Waals surface area contributed by atoms with Crippen LogP contribution in [0.25, 0.3) is 0 Å². The summed E-state index contributed by atoms with van der Waals surface area (Å²) in [5.74, 6) is -1.72. The first-order valence-corrected chi connectivity index (χ1v) is 6.82. The number of carbonyl (C=O) groups excluding carboxylic acids is 1. The standard InChI is InChI=1S/C14H24N2O3/c1-13(2)8-16(7-6-15(13)5)11(17)9-10(12(18)19)14(9,3)4/h9-10H,6-8H2,1-5H3,(H,18,19)/t9-,10+/m1/s1. The summed E-state index contributed by atoms with van der Waals surface area (Å²) in [5, 5.41) is 9.17. The van der Waals surface area contributed by atoms with Gasteiger partial charge in [-0.15, -0.1) is 0 Å². The first-order chi connectivity index (χ1) is 8.59. The molecule has 5 heteroatoms. The number of nitrogens with zero attached hydrogens (tertiary/aromatic N) is 2. The predicted molar refractivity (Wildman–Crippen MR) is 71.7 cm³/mol. The largest absolute Gasteiger partial charge is 0.481 e. The van der Waals surface area contributed by atoms with Gasteiger partial charge in [-0.3, -0.25) is 14.5 Å². The monoisotopic (exact) mass is 268 g/mol. The zero-order chi connectivity index (χ0) is 14.6. The molecule has 1 N–H and O–H groups in total. The Labute approximate surface area is 114 Å². The van der Waals surface area contributed by atoms with Crippen molar-refractivity contribution in [2.45, 2.75) is 33.2 Å². The zero-order valence-electron chi connectivity index (χ0n) is 12.4. The molecule has 1 aliphatic heterocycles. The highest BCUT2D eigenvalue weighted by molar-refractivity contribution is 5.91. The Morgan fingerprint density at radius 2 is 1.68 bits per heavy atom. The number of hydrogen-bond donors (Lipinski definition) is 1.